The molecular formula is C29H32BrClN2O3. The van der Waals surface area contributed by atoms with Crippen molar-refractivity contribution in [2.24, 2.45) is 0 Å². The molecule has 0 saturated heterocycles. The Bertz CT molecular complexity index is 1160. The number of halogens is 2. The lowest BCUT2D eigenvalue weighted by atomic mass is 10.0. The zero-order valence-corrected chi connectivity index (χ0v) is 23.2. The number of rotatable bonds is 11. The van der Waals surface area contributed by atoms with Gasteiger partial charge >= 0.3 is 0 Å². The third kappa shape index (κ3) is 7.84. The Labute approximate surface area is 226 Å². The van der Waals surface area contributed by atoms with Crippen LogP contribution in [-0.2, 0) is 22.6 Å². The Kier molecular flexibility index (Phi) is 10.4. The Morgan fingerprint density at radius 3 is 2.31 bits per heavy atom. The van der Waals surface area contributed by atoms with Crippen LogP contribution >= 0.6 is 27.5 Å². The van der Waals surface area contributed by atoms with E-state index in [1.165, 1.54) is 0 Å². The van der Waals surface area contributed by atoms with Crippen molar-refractivity contribution in [3.05, 3.63) is 98.5 Å². The van der Waals surface area contributed by atoms with Crippen molar-refractivity contribution in [2.45, 2.75) is 46.2 Å². The van der Waals surface area contributed by atoms with Gasteiger partial charge in [0.05, 0.1) is 0 Å². The van der Waals surface area contributed by atoms with Crippen LogP contribution in [0.2, 0.25) is 5.02 Å². The monoisotopic (exact) mass is 570 g/mol. The predicted octanol–water partition coefficient (Wildman–Crippen LogP) is 6.26. The molecule has 3 aromatic rings. The minimum atomic E-state index is -0.706. The first-order valence-corrected chi connectivity index (χ1v) is 13.2. The van der Waals surface area contributed by atoms with Gasteiger partial charge in [-0.3, -0.25) is 9.59 Å². The number of carbonyl (C=O) groups excluding carboxylic acids is 2. The molecule has 2 amide bonds. The number of nitrogens with one attached hydrogen (secondary N) is 1. The summed E-state index contributed by atoms with van der Waals surface area (Å²) in [5.41, 5.74) is 3.86. The molecule has 0 fully saturated rings. The van der Waals surface area contributed by atoms with Gasteiger partial charge in [-0.05, 0) is 66.8 Å². The standard InChI is InChI=1S/C29H32BrClN2O3/c1-4-13-32-29(35)26(17-22-9-6-5-7-10-22)33(18-23-11-8-12-24(31)16-23)27(34)19-36-25-14-20(2)28(30)21(3)15-25/h5-12,14-16,26H,4,13,17-19H2,1-3H3,(H,32,35). The molecule has 0 radical (unpaired) electrons. The maximum Gasteiger partial charge on any atom is 0.261 e. The van der Waals surface area contributed by atoms with E-state index in [0.717, 1.165) is 33.1 Å². The van der Waals surface area contributed by atoms with Crippen molar-refractivity contribution in [2.75, 3.05) is 13.2 Å². The summed E-state index contributed by atoms with van der Waals surface area (Å²) in [6.07, 6.45) is 1.19. The molecule has 0 aliphatic rings. The fraction of sp³-hybridized carbons (Fsp3) is 0.310. The summed E-state index contributed by atoms with van der Waals surface area (Å²) in [6, 6.07) is 20.1. The van der Waals surface area contributed by atoms with Gasteiger partial charge in [0, 0.05) is 29.0 Å². The van der Waals surface area contributed by atoms with Gasteiger partial charge in [0.1, 0.15) is 11.8 Å². The molecule has 0 aromatic heterocycles. The molecule has 3 aromatic carbocycles. The van der Waals surface area contributed by atoms with E-state index in [1.807, 2.05) is 81.4 Å². The lowest BCUT2D eigenvalue weighted by Crippen LogP contribution is -2.51. The maximum absolute atomic E-state index is 13.6. The van der Waals surface area contributed by atoms with E-state index in [4.69, 9.17) is 16.3 Å². The second-order valence-corrected chi connectivity index (χ2v) is 10.0. The highest BCUT2D eigenvalue weighted by Gasteiger charge is 2.30. The lowest BCUT2D eigenvalue weighted by Gasteiger charge is -2.31. The maximum atomic E-state index is 13.6. The summed E-state index contributed by atoms with van der Waals surface area (Å²) in [7, 11) is 0. The molecule has 0 bridgehead atoms. The molecule has 5 nitrogen and oxygen atoms in total. The summed E-state index contributed by atoms with van der Waals surface area (Å²) >= 11 is 9.78. The van der Waals surface area contributed by atoms with Crippen molar-refractivity contribution in [1.29, 1.82) is 0 Å². The number of aryl methyl sites for hydroxylation is 2. The van der Waals surface area contributed by atoms with Crippen LogP contribution in [0.3, 0.4) is 0 Å². The Hall–Kier alpha value is -2.83. The molecule has 7 heteroatoms. The zero-order valence-electron chi connectivity index (χ0n) is 20.9. The SMILES string of the molecule is CCCNC(=O)C(Cc1ccccc1)N(Cc1cccc(Cl)c1)C(=O)COc1cc(C)c(Br)c(C)c1. The highest BCUT2D eigenvalue weighted by Crippen LogP contribution is 2.26. The van der Waals surface area contributed by atoms with Gasteiger partial charge in [-0.1, -0.05) is 76.9 Å². The molecule has 0 aliphatic heterocycles. The van der Waals surface area contributed by atoms with Gasteiger partial charge in [0.25, 0.3) is 5.91 Å². The number of nitrogens with zero attached hydrogens (tertiary/aromatic N) is 1. The summed E-state index contributed by atoms with van der Waals surface area (Å²) in [5, 5.41) is 3.55. The zero-order chi connectivity index (χ0) is 26.1. The smallest absolute Gasteiger partial charge is 0.261 e. The van der Waals surface area contributed by atoms with Crippen LogP contribution in [-0.4, -0.2) is 35.9 Å². The summed E-state index contributed by atoms with van der Waals surface area (Å²) < 4.78 is 6.93. The Morgan fingerprint density at radius 2 is 1.67 bits per heavy atom. The number of carbonyl (C=O) groups is 2. The normalized spacial score (nSPS) is 11.6. The van der Waals surface area contributed by atoms with Crippen LogP contribution in [0.15, 0.2) is 71.2 Å². The lowest BCUT2D eigenvalue weighted by molar-refractivity contribution is -0.142. The van der Waals surface area contributed by atoms with Crippen molar-refractivity contribution in [3.8, 4) is 5.75 Å². The van der Waals surface area contributed by atoms with Crippen molar-refractivity contribution >= 4 is 39.3 Å². The molecule has 1 atom stereocenters. The second kappa shape index (κ2) is 13.5. The molecule has 3 rings (SSSR count). The van der Waals surface area contributed by atoms with Gasteiger partial charge in [0.2, 0.25) is 5.91 Å². The molecular weight excluding hydrogens is 540 g/mol. The topological polar surface area (TPSA) is 58.6 Å². The van der Waals surface area contributed by atoms with E-state index in [-0.39, 0.29) is 25.0 Å². The quantitative estimate of drug-likeness (QED) is 0.295. The van der Waals surface area contributed by atoms with Gasteiger partial charge in [0.15, 0.2) is 6.61 Å². The first-order valence-electron chi connectivity index (χ1n) is 12.0. The molecule has 0 spiro atoms. The van der Waals surface area contributed by atoms with Gasteiger partial charge in [-0.2, -0.15) is 0 Å². The number of benzene rings is 3. The van der Waals surface area contributed by atoms with Gasteiger partial charge in [-0.15, -0.1) is 0 Å². The van der Waals surface area contributed by atoms with Gasteiger partial charge in [-0.25, -0.2) is 0 Å². The van der Waals surface area contributed by atoms with E-state index < -0.39 is 6.04 Å². The van der Waals surface area contributed by atoms with E-state index in [9.17, 15) is 9.59 Å². The van der Waals surface area contributed by atoms with Crippen LogP contribution in [0.25, 0.3) is 0 Å². The van der Waals surface area contributed by atoms with E-state index >= 15 is 0 Å². The largest absolute Gasteiger partial charge is 0.484 e. The summed E-state index contributed by atoms with van der Waals surface area (Å²) in [6.45, 7) is 6.54. The van der Waals surface area contributed by atoms with Gasteiger partial charge < -0.3 is 15.0 Å². The average Bonchev–Trinajstić information content (AvgIpc) is 2.87. The van der Waals surface area contributed by atoms with Crippen LogP contribution < -0.4 is 10.1 Å². The highest BCUT2D eigenvalue weighted by molar-refractivity contribution is 9.10. The van der Waals surface area contributed by atoms with Crippen LogP contribution in [0.4, 0.5) is 0 Å². The molecule has 190 valence electrons. The predicted molar refractivity (Wildman–Crippen MR) is 148 cm³/mol. The molecule has 1 N–H and O–H groups in total. The Balaban J connectivity index is 1.91. The van der Waals surface area contributed by atoms with Crippen molar-refractivity contribution in [1.82, 2.24) is 10.2 Å². The highest BCUT2D eigenvalue weighted by atomic mass is 79.9. The van der Waals surface area contributed by atoms with Crippen LogP contribution in [0.1, 0.15) is 35.6 Å². The van der Waals surface area contributed by atoms with Crippen molar-refractivity contribution in [3.63, 3.8) is 0 Å². The fourth-order valence-corrected chi connectivity index (χ4v) is 4.41. The minimum absolute atomic E-state index is 0.187. The van der Waals surface area contributed by atoms with E-state index in [0.29, 0.717) is 23.7 Å². The summed E-state index contributed by atoms with van der Waals surface area (Å²) in [5.74, 6) is 0.145. The third-order valence-electron chi connectivity index (χ3n) is 5.83. The molecule has 0 saturated carbocycles. The number of amides is 2. The average molecular weight is 572 g/mol. The summed E-state index contributed by atoms with van der Waals surface area (Å²) in [4.78, 5) is 28.6. The third-order valence-corrected chi connectivity index (χ3v) is 7.32. The molecule has 0 heterocycles. The van der Waals surface area contributed by atoms with Crippen molar-refractivity contribution < 1.29 is 14.3 Å². The number of ether oxygens (including phenoxy) is 1. The van der Waals surface area contributed by atoms with Crippen LogP contribution in [0, 0.1) is 13.8 Å². The van der Waals surface area contributed by atoms with Crippen LogP contribution in [0.5, 0.6) is 5.75 Å². The van der Waals surface area contributed by atoms with E-state index in [1.54, 1.807) is 11.0 Å². The molecule has 1 unspecified atom stereocenters. The Morgan fingerprint density at radius 1 is 1.00 bits per heavy atom. The number of hydrogen-bond donors (Lipinski definition) is 1. The first kappa shape index (κ1) is 27.8. The molecule has 36 heavy (non-hydrogen) atoms. The fourth-order valence-electron chi connectivity index (χ4n) is 3.97. The van der Waals surface area contributed by atoms with E-state index in [2.05, 4.69) is 21.2 Å². The molecule has 0 aliphatic carbocycles. The first-order chi connectivity index (χ1) is 17.3. The minimum Gasteiger partial charge on any atom is -0.484 e. The number of hydrogen-bond acceptors (Lipinski definition) is 3. The second-order valence-electron chi connectivity index (χ2n) is 8.81.